The number of hydrogen-bond donors (Lipinski definition) is 0. The van der Waals surface area contributed by atoms with Crippen molar-refractivity contribution in [3.05, 3.63) is 51.7 Å². The molecule has 0 spiro atoms. The molecule has 1 aliphatic rings. The van der Waals surface area contributed by atoms with Gasteiger partial charge in [-0.2, -0.15) is 0 Å². The summed E-state index contributed by atoms with van der Waals surface area (Å²) in [7, 11) is -3.56. The largest absolute Gasteiger partial charge is 0.452 e. The van der Waals surface area contributed by atoms with E-state index in [2.05, 4.69) is 0 Å². The predicted molar refractivity (Wildman–Crippen MR) is 93.3 cm³/mol. The molecule has 1 aromatic carbocycles. The molecule has 2 heterocycles. The van der Waals surface area contributed by atoms with E-state index in [1.54, 1.807) is 22.3 Å². The van der Waals surface area contributed by atoms with E-state index in [4.69, 9.17) is 4.74 Å². The van der Waals surface area contributed by atoms with E-state index in [0.717, 1.165) is 18.2 Å². The Morgan fingerprint density at radius 1 is 1.24 bits per heavy atom. The van der Waals surface area contributed by atoms with E-state index in [9.17, 15) is 18.0 Å². The van der Waals surface area contributed by atoms with Crippen molar-refractivity contribution in [2.75, 3.05) is 19.4 Å². The minimum Gasteiger partial charge on any atom is -0.452 e. The first kappa shape index (κ1) is 17.6. The van der Waals surface area contributed by atoms with Gasteiger partial charge in [-0.25, -0.2) is 13.2 Å². The summed E-state index contributed by atoms with van der Waals surface area (Å²) in [5.74, 6) is -1.11. The Morgan fingerprint density at radius 2 is 2.00 bits per heavy atom. The fourth-order valence-electron chi connectivity index (χ4n) is 2.72. The first-order valence-corrected chi connectivity index (χ1v) is 10.4. The summed E-state index contributed by atoms with van der Waals surface area (Å²) in [6, 6.07) is 7.80. The van der Waals surface area contributed by atoms with Crippen LogP contribution in [0.5, 0.6) is 0 Å². The lowest BCUT2D eigenvalue weighted by molar-refractivity contribution is -0.135. The molecule has 0 aliphatic carbocycles. The number of benzene rings is 1. The quantitative estimate of drug-likeness (QED) is 0.758. The van der Waals surface area contributed by atoms with Crippen molar-refractivity contribution < 1.29 is 22.7 Å². The molecule has 0 fully saturated rings. The smallest absolute Gasteiger partial charge is 0.339 e. The third-order valence-electron chi connectivity index (χ3n) is 3.99. The first-order valence-electron chi connectivity index (χ1n) is 7.65. The zero-order chi connectivity index (χ0) is 18.0. The van der Waals surface area contributed by atoms with E-state index >= 15 is 0 Å². The van der Waals surface area contributed by atoms with Crippen molar-refractivity contribution in [2.24, 2.45) is 0 Å². The summed E-state index contributed by atoms with van der Waals surface area (Å²) in [5.41, 5.74) is 1.06. The maximum absolute atomic E-state index is 12.3. The third-order valence-corrected chi connectivity index (χ3v) is 6.17. The van der Waals surface area contributed by atoms with Crippen LogP contribution < -0.4 is 0 Å². The number of nitrogens with zero attached hydrogens (tertiary/aromatic N) is 1. The number of fused-ring (bicyclic) bond motifs is 1. The highest BCUT2D eigenvalue weighted by atomic mass is 32.2. The number of amides is 1. The third kappa shape index (κ3) is 3.91. The van der Waals surface area contributed by atoms with Gasteiger partial charge >= 0.3 is 5.97 Å². The molecule has 132 valence electrons. The summed E-state index contributed by atoms with van der Waals surface area (Å²) >= 11 is 1.68. The van der Waals surface area contributed by atoms with Crippen molar-refractivity contribution in [3.8, 4) is 0 Å². The van der Waals surface area contributed by atoms with Gasteiger partial charge < -0.3 is 9.64 Å². The average molecular weight is 379 g/mol. The summed E-state index contributed by atoms with van der Waals surface area (Å²) in [6.45, 7) is 0.690. The zero-order valence-corrected chi connectivity index (χ0v) is 15.2. The Kier molecular flexibility index (Phi) is 4.91. The molecule has 8 heteroatoms. The van der Waals surface area contributed by atoms with E-state index in [0.29, 0.717) is 13.1 Å². The van der Waals surface area contributed by atoms with Crippen LogP contribution in [0, 0.1) is 0 Å². The van der Waals surface area contributed by atoms with Crippen LogP contribution in [-0.4, -0.2) is 44.6 Å². The fourth-order valence-corrected chi connectivity index (χ4v) is 4.48. The summed E-state index contributed by atoms with van der Waals surface area (Å²) in [4.78, 5) is 27.3. The number of hydrogen-bond acceptors (Lipinski definition) is 6. The number of carbonyl (C=O) groups excluding carboxylic acids is 2. The van der Waals surface area contributed by atoms with Crippen LogP contribution in [0.4, 0.5) is 0 Å². The van der Waals surface area contributed by atoms with Gasteiger partial charge in [0.15, 0.2) is 16.4 Å². The van der Waals surface area contributed by atoms with Gasteiger partial charge in [-0.1, -0.05) is 12.1 Å². The Bertz CT molecular complexity index is 917. The first-order chi connectivity index (χ1) is 11.9. The molecule has 0 radical (unpaired) electrons. The van der Waals surface area contributed by atoms with Crippen LogP contribution in [0.3, 0.4) is 0 Å². The number of ether oxygens (including phenoxy) is 1. The van der Waals surface area contributed by atoms with Crippen LogP contribution in [0.25, 0.3) is 0 Å². The minimum absolute atomic E-state index is 0.0587. The highest BCUT2D eigenvalue weighted by molar-refractivity contribution is 7.90. The number of sulfone groups is 1. The van der Waals surface area contributed by atoms with Gasteiger partial charge in [-0.15, -0.1) is 11.3 Å². The molecule has 0 unspecified atom stereocenters. The molecule has 25 heavy (non-hydrogen) atoms. The molecular formula is C17H17NO5S2. The Balaban J connectivity index is 1.65. The molecule has 0 atom stereocenters. The summed E-state index contributed by atoms with van der Waals surface area (Å²) < 4.78 is 28.6. The highest BCUT2D eigenvalue weighted by Gasteiger charge is 2.24. The Morgan fingerprint density at radius 3 is 2.76 bits per heavy atom. The number of thiophene rings is 1. The van der Waals surface area contributed by atoms with Gasteiger partial charge in [0.25, 0.3) is 5.91 Å². The summed E-state index contributed by atoms with van der Waals surface area (Å²) in [6.07, 6.45) is 1.82. The van der Waals surface area contributed by atoms with Crippen molar-refractivity contribution >= 4 is 33.1 Å². The molecule has 0 saturated heterocycles. The molecule has 0 N–H and O–H groups in total. The van der Waals surface area contributed by atoms with E-state index in [1.807, 2.05) is 11.4 Å². The number of carbonyl (C=O) groups is 2. The predicted octanol–water partition coefficient (Wildman–Crippen LogP) is 1.89. The van der Waals surface area contributed by atoms with Crippen LogP contribution in [0.2, 0.25) is 0 Å². The standard InChI is InChI=1S/C17H17NO5S2/c1-25(21,22)15-5-3-2-4-13(15)17(20)23-11-16(19)18-8-6-14-12(10-18)7-9-24-14/h2-5,7,9H,6,8,10-11H2,1H3. The Hall–Kier alpha value is -2.19. The zero-order valence-electron chi connectivity index (χ0n) is 13.6. The topological polar surface area (TPSA) is 80.7 Å². The van der Waals surface area contributed by atoms with Crippen molar-refractivity contribution in [1.82, 2.24) is 4.90 Å². The molecule has 1 aliphatic heterocycles. The van der Waals surface area contributed by atoms with Crippen LogP contribution in [-0.2, 0) is 32.3 Å². The second kappa shape index (κ2) is 6.97. The van der Waals surface area contributed by atoms with Gasteiger partial charge in [0, 0.05) is 24.2 Å². The van der Waals surface area contributed by atoms with Gasteiger partial charge in [-0.05, 0) is 35.6 Å². The molecule has 1 amide bonds. The molecule has 2 aromatic rings. The molecule has 1 aromatic heterocycles. The van der Waals surface area contributed by atoms with E-state index in [-0.39, 0.29) is 16.4 Å². The lowest BCUT2D eigenvalue weighted by Crippen LogP contribution is -2.38. The normalized spacial score (nSPS) is 14.0. The lowest BCUT2D eigenvalue weighted by atomic mass is 10.1. The van der Waals surface area contributed by atoms with Crippen LogP contribution in [0.1, 0.15) is 20.8 Å². The number of rotatable bonds is 4. The maximum atomic E-state index is 12.3. The van der Waals surface area contributed by atoms with E-state index in [1.165, 1.54) is 23.1 Å². The van der Waals surface area contributed by atoms with Gasteiger partial charge in [-0.3, -0.25) is 4.79 Å². The highest BCUT2D eigenvalue weighted by Crippen LogP contribution is 2.24. The maximum Gasteiger partial charge on any atom is 0.339 e. The molecule has 6 nitrogen and oxygen atoms in total. The molecule has 3 rings (SSSR count). The SMILES string of the molecule is CS(=O)(=O)c1ccccc1C(=O)OCC(=O)N1CCc2sccc2C1. The van der Waals surface area contributed by atoms with Crippen molar-refractivity contribution in [3.63, 3.8) is 0 Å². The monoisotopic (exact) mass is 379 g/mol. The Labute approximate surface area is 149 Å². The van der Waals surface area contributed by atoms with Gasteiger partial charge in [0.1, 0.15) is 0 Å². The van der Waals surface area contributed by atoms with Gasteiger partial charge in [0.05, 0.1) is 10.5 Å². The second-order valence-corrected chi connectivity index (χ2v) is 8.76. The molecular weight excluding hydrogens is 362 g/mol. The van der Waals surface area contributed by atoms with Crippen molar-refractivity contribution in [1.29, 1.82) is 0 Å². The molecule has 0 saturated carbocycles. The molecule has 0 bridgehead atoms. The fraction of sp³-hybridized carbons (Fsp3) is 0.294. The lowest BCUT2D eigenvalue weighted by Gasteiger charge is -2.26. The van der Waals surface area contributed by atoms with Crippen LogP contribution in [0.15, 0.2) is 40.6 Å². The van der Waals surface area contributed by atoms with Crippen LogP contribution >= 0.6 is 11.3 Å². The summed E-state index contributed by atoms with van der Waals surface area (Å²) in [5, 5.41) is 2.00. The second-order valence-electron chi connectivity index (χ2n) is 5.78. The number of esters is 1. The minimum atomic E-state index is -3.56. The van der Waals surface area contributed by atoms with E-state index < -0.39 is 22.4 Å². The van der Waals surface area contributed by atoms with Crippen molar-refractivity contribution in [2.45, 2.75) is 17.9 Å². The average Bonchev–Trinajstić information content (AvgIpc) is 3.06. The van der Waals surface area contributed by atoms with Gasteiger partial charge in [0.2, 0.25) is 0 Å².